The van der Waals surface area contributed by atoms with E-state index in [1.54, 1.807) is 0 Å². The number of aryl methyl sites for hydroxylation is 1. The Morgan fingerprint density at radius 3 is 2.85 bits per heavy atom. The molecule has 0 nitrogen and oxygen atoms in total. The lowest BCUT2D eigenvalue weighted by molar-refractivity contribution is 0.919. The summed E-state index contributed by atoms with van der Waals surface area (Å²) in [5, 5.41) is 0. The molecular formula is C13H17. The van der Waals surface area contributed by atoms with Gasteiger partial charge in [-0.05, 0) is 17.5 Å². The van der Waals surface area contributed by atoms with Gasteiger partial charge in [0.05, 0.1) is 0 Å². The van der Waals surface area contributed by atoms with E-state index in [-0.39, 0.29) is 0 Å². The molecule has 0 heterocycles. The smallest absolute Gasteiger partial charge is 0.0230 e. The highest BCUT2D eigenvalue weighted by molar-refractivity contribution is 5.37. The Morgan fingerprint density at radius 1 is 1.46 bits per heavy atom. The molecule has 1 radical (unpaired) electrons. The molecule has 13 heavy (non-hydrogen) atoms. The molecule has 0 aliphatic carbocycles. The minimum atomic E-state index is 1.16. The molecule has 0 bridgehead atoms. The fourth-order valence-electron chi connectivity index (χ4n) is 1.38. The van der Waals surface area contributed by atoms with Gasteiger partial charge in [0.25, 0.3) is 0 Å². The van der Waals surface area contributed by atoms with Crippen LogP contribution >= 0.6 is 0 Å². The Kier molecular flexibility index (Phi) is 3.75. The minimum Gasteiger partial charge on any atom is -0.102 e. The Hall–Kier alpha value is -1.04. The van der Waals surface area contributed by atoms with Crippen molar-refractivity contribution in [3.05, 3.63) is 54.0 Å². The first-order valence-electron chi connectivity index (χ1n) is 4.83. The van der Waals surface area contributed by atoms with Crippen molar-refractivity contribution in [1.82, 2.24) is 0 Å². The van der Waals surface area contributed by atoms with Gasteiger partial charge in [-0.2, -0.15) is 0 Å². The average molecular weight is 173 g/mol. The Labute approximate surface area is 81.3 Å². The van der Waals surface area contributed by atoms with Crippen molar-refractivity contribution in [3.8, 4) is 0 Å². The van der Waals surface area contributed by atoms with Crippen molar-refractivity contribution in [3.63, 3.8) is 0 Å². The van der Waals surface area contributed by atoms with Gasteiger partial charge < -0.3 is 0 Å². The fourth-order valence-corrected chi connectivity index (χ4v) is 1.38. The number of hydrogen-bond donors (Lipinski definition) is 0. The van der Waals surface area contributed by atoms with Crippen LogP contribution in [0.2, 0.25) is 0 Å². The largest absolute Gasteiger partial charge is 0.102 e. The van der Waals surface area contributed by atoms with Gasteiger partial charge in [0.15, 0.2) is 0 Å². The van der Waals surface area contributed by atoms with Gasteiger partial charge >= 0.3 is 0 Å². The molecule has 0 saturated heterocycles. The molecule has 0 N–H and O–H groups in total. The van der Waals surface area contributed by atoms with Crippen molar-refractivity contribution in [2.24, 2.45) is 0 Å². The Bertz CT molecular complexity index is 273. The first-order chi connectivity index (χ1) is 6.27. The molecule has 69 valence electrons. The third-order valence-corrected chi connectivity index (χ3v) is 2.23. The highest BCUT2D eigenvalue weighted by atomic mass is 14.1. The van der Waals surface area contributed by atoms with Gasteiger partial charge in [0.1, 0.15) is 0 Å². The standard InChI is InChI=1S/C13H17/c1-4-7-12-8-6-9-13(10-12)11(3)5-2/h5-6,8-10H,2,4,7H2,1,3H3. The molecule has 1 aromatic carbocycles. The lowest BCUT2D eigenvalue weighted by Crippen LogP contribution is -1.91. The summed E-state index contributed by atoms with van der Waals surface area (Å²) >= 11 is 0. The number of rotatable bonds is 4. The van der Waals surface area contributed by atoms with Crippen LogP contribution in [0.25, 0.3) is 0 Å². The van der Waals surface area contributed by atoms with Crippen molar-refractivity contribution < 1.29 is 0 Å². The predicted molar refractivity (Wildman–Crippen MR) is 58.7 cm³/mol. The minimum absolute atomic E-state index is 1.16. The van der Waals surface area contributed by atoms with E-state index in [0.29, 0.717) is 0 Å². The summed E-state index contributed by atoms with van der Waals surface area (Å²) in [6, 6.07) is 8.69. The number of benzene rings is 1. The van der Waals surface area contributed by atoms with Crippen LogP contribution in [0.5, 0.6) is 0 Å². The van der Waals surface area contributed by atoms with Crippen molar-refractivity contribution in [2.45, 2.75) is 26.7 Å². The van der Waals surface area contributed by atoms with E-state index < -0.39 is 0 Å². The van der Waals surface area contributed by atoms with Gasteiger partial charge in [0, 0.05) is 5.92 Å². The molecule has 0 aliphatic heterocycles. The molecule has 0 unspecified atom stereocenters. The van der Waals surface area contributed by atoms with Crippen molar-refractivity contribution >= 4 is 0 Å². The van der Waals surface area contributed by atoms with Crippen LogP contribution < -0.4 is 0 Å². The van der Waals surface area contributed by atoms with E-state index in [1.807, 2.05) is 6.08 Å². The molecule has 0 saturated carbocycles. The van der Waals surface area contributed by atoms with Crippen LogP contribution in [0.3, 0.4) is 0 Å². The quantitative estimate of drug-likeness (QED) is 0.650. The fraction of sp³-hybridized carbons (Fsp3) is 0.308. The second-order valence-corrected chi connectivity index (χ2v) is 3.34. The van der Waals surface area contributed by atoms with Gasteiger partial charge in [-0.15, -0.1) is 6.58 Å². The summed E-state index contributed by atoms with van der Waals surface area (Å²) in [6.45, 7) is 8.08. The van der Waals surface area contributed by atoms with E-state index >= 15 is 0 Å². The summed E-state index contributed by atoms with van der Waals surface area (Å²) in [6.07, 6.45) is 4.28. The van der Waals surface area contributed by atoms with E-state index in [1.165, 1.54) is 23.5 Å². The maximum atomic E-state index is 3.78. The molecule has 0 amide bonds. The predicted octanol–water partition coefficient (Wildman–Crippen LogP) is 3.77. The summed E-state index contributed by atoms with van der Waals surface area (Å²) in [7, 11) is 0. The van der Waals surface area contributed by atoms with Crippen LogP contribution in [-0.2, 0) is 6.42 Å². The van der Waals surface area contributed by atoms with Gasteiger partial charge in [-0.1, -0.05) is 50.6 Å². The second-order valence-electron chi connectivity index (χ2n) is 3.34. The third kappa shape index (κ3) is 2.73. The van der Waals surface area contributed by atoms with E-state index in [9.17, 15) is 0 Å². The Morgan fingerprint density at radius 2 is 2.23 bits per heavy atom. The summed E-state index contributed by atoms with van der Waals surface area (Å²) in [4.78, 5) is 0. The molecule has 0 aromatic heterocycles. The van der Waals surface area contributed by atoms with Gasteiger partial charge in [-0.3, -0.25) is 0 Å². The lowest BCUT2D eigenvalue weighted by Gasteiger charge is -2.07. The molecule has 0 heteroatoms. The zero-order valence-corrected chi connectivity index (χ0v) is 8.51. The van der Waals surface area contributed by atoms with Crippen molar-refractivity contribution in [2.75, 3.05) is 0 Å². The highest BCUT2D eigenvalue weighted by Crippen LogP contribution is 2.16. The molecule has 0 atom stereocenters. The van der Waals surface area contributed by atoms with Crippen LogP contribution in [-0.4, -0.2) is 0 Å². The van der Waals surface area contributed by atoms with Gasteiger partial charge in [0.2, 0.25) is 0 Å². The molecule has 1 aromatic rings. The zero-order valence-electron chi connectivity index (χ0n) is 8.51. The summed E-state index contributed by atoms with van der Waals surface area (Å²) < 4.78 is 0. The summed E-state index contributed by atoms with van der Waals surface area (Å²) in [5.41, 5.74) is 2.71. The lowest BCUT2D eigenvalue weighted by atomic mass is 9.98. The first-order valence-corrected chi connectivity index (χ1v) is 4.83. The molecule has 0 spiro atoms. The Balaban J connectivity index is 2.84. The maximum absolute atomic E-state index is 3.78. The normalized spacial score (nSPS) is 10.4. The third-order valence-electron chi connectivity index (χ3n) is 2.23. The monoisotopic (exact) mass is 173 g/mol. The molecule has 0 aliphatic rings. The van der Waals surface area contributed by atoms with Crippen molar-refractivity contribution in [1.29, 1.82) is 0 Å². The second kappa shape index (κ2) is 4.86. The van der Waals surface area contributed by atoms with Crippen LogP contribution in [0.15, 0.2) is 36.9 Å². The molecular weight excluding hydrogens is 156 g/mol. The van der Waals surface area contributed by atoms with Crippen LogP contribution in [0, 0.1) is 5.92 Å². The SMILES string of the molecule is C=C[C](C)c1cccc(CCC)c1. The average Bonchev–Trinajstić information content (AvgIpc) is 2.18. The number of hydrogen-bond acceptors (Lipinski definition) is 0. The van der Waals surface area contributed by atoms with Crippen LogP contribution in [0.4, 0.5) is 0 Å². The first kappa shape index (κ1) is 10.0. The highest BCUT2D eigenvalue weighted by Gasteiger charge is 2.01. The van der Waals surface area contributed by atoms with E-state index in [0.717, 1.165) is 6.42 Å². The van der Waals surface area contributed by atoms with Gasteiger partial charge in [-0.25, -0.2) is 0 Å². The molecule has 0 fully saturated rings. The maximum Gasteiger partial charge on any atom is 0.0230 e. The topological polar surface area (TPSA) is 0 Å². The van der Waals surface area contributed by atoms with E-state index in [2.05, 4.69) is 44.7 Å². The zero-order chi connectivity index (χ0) is 9.68. The number of allylic oxidation sites excluding steroid dienone is 1. The summed E-state index contributed by atoms with van der Waals surface area (Å²) in [5.74, 6) is 1.25. The van der Waals surface area contributed by atoms with E-state index in [4.69, 9.17) is 0 Å². The molecule has 1 rings (SSSR count). The van der Waals surface area contributed by atoms with Crippen LogP contribution in [0.1, 0.15) is 31.4 Å².